The van der Waals surface area contributed by atoms with Crippen LogP contribution in [0.5, 0.6) is 5.75 Å². The fourth-order valence-corrected chi connectivity index (χ4v) is 4.71. The fraction of sp³-hybridized carbons (Fsp3) is 0.370. The molecule has 0 amide bonds. The second kappa shape index (κ2) is 11.2. The molecule has 3 aromatic heterocycles. The topological polar surface area (TPSA) is 78.9 Å². The minimum absolute atomic E-state index is 0.298. The molecule has 0 atom stereocenters. The molecule has 2 aliphatic rings. The molecule has 1 aliphatic heterocycles. The van der Waals surface area contributed by atoms with Crippen molar-refractivity contribution in [2.75, 3.05) is 50.8 Å². The number of hydrogen-bond acceptors (Lipinski definition) is 7. The van der Waals surface area contributed by atoms with E-state index in [0.717, 1.165) is 56.9 Å². The average Bonchev–Trinajstić information content (AvgIpc) is 3.34. The Bertz CT molecular complexity index is 1370. The number of anilines is 1. The van der Waals surface area contributed by atoms with Crippen molar-refractivity contribution in [2.45, 2.75) is 19.2 Å². The van der Waals surface area contributed by atoms with Gasteiger partial charge in [0.05, 0.1) is 30.1 Å². The first-order valence-electron chi connectivity index (χ1n) is 12.4. The highest BCUT2D eigenvalue weighted by Crippen LogP contribution is 2.31. The molecule has 0 radical (unpaired) electrons. The monoisotopic (exact) mass is 524 g/mol. The summed E-state index contributed by atoms with van der Waals surface area (Å²) in [7, 11) is 0. The molecule has 11 heteroatoms. The summed E-state index contributed by atoms with van der Waals surface area (Å²) in [6, 6.07) is 7.68. The standard InChI is InChI=1S/C27H27F3N6O2/c28-27(29,30)38-13-12-37-23-14-24(26-22(15-31)17-33-36(26)19-23)21-6-7-25(32-16-21)35-10-8-34(9-11-35)18-20-4-2-1-3-5-20/h2,4-7,14,16-17,19H,1,3,8-13,18H2. The lowest BCUT2D eigenvalue weighted by Crippen LogP contribution is -2.47. The quantitative estimate of drug-likeness (QED) is 0.399. The second-order valence-corrected chi connectivity index (χ2v) is 9.12. The smallest absolute Gasteiger partial charge is 0.490 e. The Hall–Kier alpha value is -3.88. The van der Waals surface area contributed by atoms with Gasteiger partial charge in [-0.3, -0.25) is 9.64 Å². The van der Waals surface area contributed by atoms with Crippen LogP contribution in [-0.4, -0.2) is 71.8 Å². The first-order valence-corrected chi connectivity index (χ1v) is 12.4. The average molecular weight is 525 g/mol. The number of hydrogen-bond donors (Lipinski definition) is 0. The summed E-state index contributed by atoms with van der Waals surface area (Å²) in [6.07, 6.45) is 9.00. The third kappa shape index (κ3) is 6.15. The molecule has 0 spiro atoms. The normalized spacial score (nSPS) is 16.5. The van der Waals surface area contributed by atoms with Crippen molar-refractivity contribution < 1.29 is 22.6 Å². The second-order valence-electron chi connectivity index (χ2n) is 9.12. The molecular formula is C27H27F3N6O2. The van der Waals surface area contributed by atoms with Crippen LogP contribution in [0.4, 0.5) is 19.0 Å². The van der Waals surface area contributed by atoms with Crippen molar-refractivity contribution in [1.29, 1.82) is 5.26 Å². The first kappa shape index (κ1) is 25.8. The van der Waals surface area contributed by atoms with Gasteiger partial charge in [0.25, 0.3) is 0 Å². The van der Waals surface area contributed by atoms with Gasteiger partial charge in [0.15, 0.2) is 0 Å². The van der Waals surface area contributed by atoms with Crippen LogP contribution in [0.3, 0.4) is 0 Å². The Morgan fingerprint density at radius 1 is 1.05 bits per heavy atom. The molecule has 8 nitrogen and oxygen atoms in total. The van der Waals surface area contributed by atoms with Gasteiger partial charge in [0.2, 0.25) is 0 Å². The zero-order valence-corrected chi connectivity index (χ0v) is 20.7. The number of ether oxygens (including phenoxy) is 2. The summed E-state index contributed by atoms with van der Waals surface area (Å²) < 4.78 is 47.5. The summed E-state index contributed by atoms with van der Waals surface area (Å²) in [5.74, 6) is 1.17. The van der Waals surface area contributed by atoms with Crippen LogP contribution in [0.15, 0.2) is 60.6 Å². The highest BCUT2D eigenvalue weighted by Gasteiger charge is 2.28. The number of rotatable bonds is 8. The highest BCUT2D eigenvalue weighted by atomic mass is 19.4. The van der Waals surface area contributed by atoms with Crippen molar-refractivity contribution >= 4 is 11.3 Å². The molecule has 0 bridgehead atoms. The van der Waals surface area contributed by atoms with Gasteiger partial charge in [-0.25, -0.2) is 9.50 Å². The van der Waals surface area contributed by atoms with E-state index >= 15 is 0 Å². The van der Waals surface area contributed by atoms with Crippen LogP contribution in [0.25, 0.3) is 16.6 Å². The number of piperazine rings is 1. The van der Waals surface area contributed by atoms with E-state index in [1.54, 1.807) is 12.3 Å². The molecule has 38 heavy (non-hydrogen) atoms. The molecule has 5 rings (SSSR count). The molecule has 1 fully saturated rings. The Balaban J connectivity index is 1.29. The molecule has 1 saturated heterocycles. The maximum atomic E-state index is 12.3. The minimum atomic E-state index is -4.72. The molecule has 198 valence electrons. The Kier molecular flexibility index (Phi) is 7.62. The van der Waals surface area contributed by atoms with Crippen LogP contribution < -0.4 is 9.64 Å². The molecular weight excluding hydrogens is 497 g/mol. The number of alkyl halides is 3. The van der Waals surface area contributed by atoms with Crippen molar-refractivity contribution in [3.63, 3.8) is 0 Å². The van der Waals surface area contributed by atoms with Crippen LogP contribution in [0.2, 0.25) is 0 Å². The van der Waals surface area contributed by atoms with E-state index < -0.39 is 13.0 Å². The zero-order chi connectivity index (χ0) is 26.5. The predicted molar refractivity (Wildman–Crippen MR) is 136 cm³/mol. The van der Waals surface area contributed by atoms with E-state index in [1.165, 1.54) is 22.5 Å². The highest BCUT2D eigenvalue weighted by molar-refractivity contribution is 5.85. The van der Waals surface area contributed by atoms with E-state index in [4.69, 9.17) is 4.74 Å². The van der Waals surface area contributed by atoms with Crippen molar-refractivity contribution in [3.8, 4) is 22.9 Å². The van der Waals surface area contributed by atoms with E-state index in [2.05, 4.69) is 48.9 Å². The molecule has 0 aromatic carbocycles. The number of halogens is 3. The lowest BCUT2D eigenvalue weighted by atomic mass is 10.1. The summed E-state index contributed by atoms with van der Waals surface area (Å²) in [6.45, 7) is 3.68. The Labute approximate surface area is 218 Å². The van der Waals surface area contributed by atoms with Crippen molar-refractivity contribution in [1.82, 2.24) is 19.5 Å². The molecule has 1 aliphatic carbocycles. The summed E-state index contributed by atoms with van der Waals surface area (Å²) in [4.78, 5) is 9.39. The number of allylic oxidation sites excluding steroid dienone is 2. The SMILES string of the molecule is N#Cc1cnn2cc(OCCOC(F)(F)F)cc(-c3ccc(N4CCN(CC5=CCCC=C5)CC4)nc3)c12. The van der Waals surface area contributed by atoms with Crippen LogP contribution >= 0.6 is 0 Å². The minimum Gasteiger partial charge on any atom is -0.490 e. The van der Waals surface area contributed by atoms with Gasteiger partial charge in [0.1, 0.15) is 24.2 Å². The first-order chi connectivity index (χ1) is 18.4. The van der Waals surface area contributed by atoms with Gasteiger partial charge in [-0.1, -0.05) is 18.2 Å². The molecule has 3 aromatic rings. The third-order valence-electron chi connectivity index (χ3n) is 6.56. The lowest BCUT2D eigenvalue weighted by molar-refractivity contribution is -0.325. The maximum Gasteiger partial charge on any atom is 0.522 e. The molecule has 4 heterocycles. The molecule has 0 unspecified atom stereocenters. The van der Waals surface area contributed by atoms with E-state index in [0.29, 0.717) is 22.4 Å². The van der Waals surface area contributed by atoms with E-state index in [9.17, 15) is 18.4 Å². The van der Waals surface area contributed by atoms with Crippen molar-refractivity contribution in [2.24, 2.45) is 0 Å². The maximum absolute atomic E-state index is 12.3. The Morgan fingerprint density at radius 3 is 2.58 bits per heavy atom. The van der Waals surface area contributed by atoms with E-state index in [-0.39, 0.29) is 6.61 Å². The van der Waals surface area contributed by atoms with Gasteiger partial charge in [-0.05, 0) is 36.6 Å². The predicted octanol–water partition coefficient (Wildman–Crippen LogP) is 4.58. The summed E-state index contributed by atoms with van der Waals surface area (Å²) in [5.41, 5.74) is 3.71. The van der Waals surface area contributed by atoms with Gasteiger partial charge in [-0.15, -0.1) is 13.2 Å². The van der Waals surface area contributed by atoms with Gasteiger partial charge in [-0.2, -0.15) is 10.4 Å². The number of fused-ring (bicyclic) bond motifs is 1. The van der Waals surface area contributed by atoms with Crippen LogP contribution in [-0.2, 0) is 4.74 Å². The number of nitriles is 1. The largest absolute Gasteiger partial charge is 0.522 e. The summed E-state index contributed by atoms with van der Waals surface area (Å²) >= 11 is 0. The molecule has 0 saturated carbocycles. The van der Waals surface area contributed by atoms with E-state index in [1.807, 2.05) is 12.1 Å². The Morgan fingerprint density at radius 2 is 1.89 bits per heavy atom. The van der Waals surface area contributed by atoms with Gasteiger partial charge < -0.3 is 9.64 Å². The lowest BCUT2D eigenvalue weighted by Gasteiger charge is -2.35. The fourth-order valence-electron chi connectivity index (χ4n) is 4.71. The van der Waals surface area contributed by atoms with Crippen LogP contribution in [0, 0.1) is 11.3 Å². The number of aromatic nitrogens is 3. The van der Waals surface area contributed by atoms with Crippen LogP contribution in [0.1, 0.15) is 18.4 Å². The van der Waals surface area contributed by atoms with Gasteiger partial charge in [0, 0.05) is 50.0 Å². The number of nitrogens with zero attached hydrogens (tertiary/aromatic N) is 6. The van der Waals surface area contributed by atoms with Crippen molar-refractivity contribution in [3.05, 3.63) is 66.2 Å². The zero-order valence-electron chi connectivity index (χ0n) is 20.7. The number of pyridine rings is 2. The van der Waals surface area contributed by atoms with Gasteiger partial charge >= 0.3 is 6.36 Å². The third-order valence-corrected chi connectivity index (χ3v) is 6.56. The summed E-state index contributed by atoms with van der Waals surface area (Å²) in [5, 5.41) is 13.8. The molecule has 0 N–H and O–H groups in total.